The molecule has 1 aliphatic carbocycles. The second-order valence-corrected chi connectivity index (χ2v) is 5.51. The Bertz CT molecular complexity index is 453. The molecule has 1 aromatic heterocycles. The molecule has 1 aromatic rings. The van der Waals surface area contributed by atoms with Gasteiger partial charge in [0.05, 0.1) is 17.0 Å². The Morgan fingerprint density at radius 1 is 1.35 bits per heavy atom. The van der Waals surface area contributed by atoms with Crippen LogP contribution in [0, 0.1) is 5.92 Å². The maximum Gasteiger partial charge on any atom is 0.418 e. The van der Waals surface area contributed by atoms with Gasteiger partial charge in [-0.05, 0) is 44.2 Å². The number of hydrogen-bond acceptors (Lipinski definition) is 2. The van der Waals surface area contributed by atoms with E-state index in [1.807, 2.05) is 0 Å². The van der Waals surface area contributed by atoms with Gasteiger partial charge >= 0.3 is 6.18 Å². The van der Waals surface area contributed by atoms with Crippen LogP contribution in [0.5, 0.6) is 0 Å². The normalized spacial score (nSPS) is 17.9. The van der Waals surface area contributed by atoms with E-state index < -0.39 is 11.7 Å². The average Bonchev–Trinajstić information content (AvgIpc) is 2.32. The fourth-order valence-corrected chi connectivity index (χ4v) is 2.54. The highest BCUT2D eigenvalue weighted by Crippen LogP contribution is 2.32. The van der Waals surface area contributed by atoms with Gasteiger partial charge in [-0.25, -0.2) is 0 Å². The molecule has 1 fully saturated rings. The van der Waals surface area contributed by atoms with Crippen LogP contribution >= 0.6 is 0 Å². The van der Waals surface area contributed by atoms with Gasteiger partial charge in [-0.15, -0.1) is 0 Å². The molecule has 0 radical (unpaired) electrons. The zero-order valence-electron chi connectivity index (χ0n) is 11.9. The third-order valence-corrected chi connectivity index (χ3v) is 4.13. The summed E-state index contributed by atoms with van der Waals surface area (Å²) in [7, 11) is 0. The lowest BCUT2D eigenvalue weighted by molar-refractivity contribution is -0.138. The molecule has 112 valence electrons. The van der Waals surface area contributed by atoms with Gasteiger partial charge in [-0.3, -0.25) is 4.98 Å². The number of alkyl halides is 3. The maximum absolute atomic E-state index is 12.8. The van der Waals surface area contributed by atoms with Gasteiger partial charge in [0.2, 0.25) is 0 Å². The van der Waals surface area contributed by atoms with Crippen LogP contribution in [-0.2, 0) is 19.1 Å². The minimum absolute atomic E-state index is 0.132. The molecule has 1 unspecified atom stereocenters. The number of halogens is 3. The molecule has 2 nitrogen and oxygen atoms in total. The number of aromatic nitrogens is 1. The molecule has 0 amide bonds. The van der Waals surface area contributed by atoms with Crippen molar-refractivity contribution in [3.8, 4) is 0 Å². The van der Waals surface area contributed by atoms with Crippen LogP contribution in [-0.4, -0.2) is 11.0 Å². The quantitative estimate of drug-likeness (QED) is 0.886. The van der Waals surface area contributed by atoms with Crippen molar-refractivity contribution in [3.63, 3.8) is 0 Å². The molecule has 0 saturated heterocycles. The van der Waals surface area contributed by atoms with Crippen molar-refractivity contribution < 1.29 is 13.2 Å². The Balaban J connectivity index is 2.02. The van der Waals surface area contributed by atoms with Gasteiger partial charge in [-0.1, -0.05) is 13.3 Å². The minimum atomic E-state index is -4.32. The number of nitrogens with zero attached hydrogens (tertiary/aromatic N) is 1. The average molecular weight is 286 g/mol. The fourth-order valence-electron chi connectivity index (χ4n) is 2.54. The molecule has 5 heteroatoms. The van der Waals surface area contributed by atoms with Crippen LogP contribution in [0.15, 0.2) is 12.1 Å². The van der Waals surface area contributed by atoms with E-state index in [0.717, 1.165) is 6.07 Å². The van der Waals surface area contributed by atoms with Crippen molar-refractivity contribution >= 4 is 0 Å². The van der Waals surface area contributed by atoms with Gasteiger partial charge < -0.3 is 5.32 Å². The molecule has 20 heavy (non-hydrogen) atoms. The lowest BCUT2D eigenvalue weighted by Gasteiger charge is -2.32. The first-order chi connectivity index (χ1) is 9.41. The van der Waals surface area contributed by atoms with Crippen LogP contribution in [0.3, 0.4) is 0 Å². The van der Waals surface area contributed by atoms with Gasteiger partial charge in [-0.2, -0.15) is 13.2 Å². The number of rotatable bonds is 5. The Morgan fingerprint density at radius 2 is 2.05 bits per heavy atom. The summed E-state index contributed by atoms with van der Waals surface area (Å²) in [6.45, 7) is 4.36. The molecule has 0 aliphatic heterocycles. The van der Waals surface area contributed by atoms with E-state index in [2.05, 4.69) is 17.2 Å². The summed E-state index contributed by atoms with van der Waals surface area (Å²) in [4.78, 5) is 4.15. The summed E-state index contributed by atoms with van der Waals surface area (Å²) in [5.74, 6) is 0.704. The predicted octanol–water partition coefficient (Wildman–Crippen LogP) is 3.94. The molecule has 0 spiro atoms. The summed E-state index contributed by atoms with van der Waals surface area (Å²) in [6.07, 6.45) is -0.247. The predicted molar refractivity (Wildman–Crippen MR) is 72.3 cm³/mol. The number of aryl methyl sites for hydroxylation is 1. The Morgan fingerprint density at radius 3 is 2.55 bits per heavy atom. The molecule has 2 rings (SSSR count). The molecule has 1 heterocycles. The van der Waals surface area contributed by atoms with Gasteiger partial charge in [0.25, 0.3) is 0 Å². The zero-order chi connectivity index (χ0) is 14.8. The summed E-state index contributed by atoms with van der Waals surface area (Å²) >= 11 is 0. The lowest BCUT2D eigenvalue weighted by atomic mass is 9.80. The molecule has 1 N–H and O–H groups in total. The summed E-state index contributed by atoms with van der Waals surface area (Å²) in [6, 6.07) is 3.03. The number of nitrogens with one attached hydrogen (secondary N) is 1. The van der Waals surface area contributed by atoms with E-state index >= 15 is 0 Å². The number of hydrogen-bond donors (Lipinski definition) is 1. The molecule has 1 aliphatic rings. The van der Waals surface area contributed by atoms with Crippen LogP contribution in [0.1, 0.15) is 50.1 Å². The van der Waals surface area contributed by atoms with Crippen LogP contribution in [0.25, 0.3) is 0 Å². The number of pyridine rings is 1. The second-order valence-electron chi connectivity index (χ2n) is 5.51. The SMILES string of the molecule is CCc1nc(CNC(C)C2CCC2)ccc1C(F)(F)F. The second kappa shape index (κ2) is 6.12. The van der Waals surface area contributed by atoms with Crippen LogP contribution < -0.4 is 5.32 Å². The standard InChI is InChI=1S/C15H21F3N2/c1-3-14-13(15(16,17)18)8-7-12(20-14)9-19-10(2)11-5-4-6-11/h7-8,10-11,19H,3-6,9H2,1-2H3. The van der Waals surface area contributed by atoms with E-state index in [9.17, 15) is 13.2 Å². The maximum atomic E-state index is 12.8. The van der Waals surface area contributed by atoms with Gasteiger partial charge in [0, 0.05) is 12.6 Å². The largest absolute Gasteiger partial charge is 0.418 e. The third kappa shape index (κ3) is 3.51. The first-order valence-corrected chi connectivity index (χ1v) is 7.21. The molecule has 1 saturated carbocycles. The van der Waals surface area contributed by atoms with Crippen molar-refractivity contribution in [1.82, 2.24) is 10.3 Å². The summed E-state index contributed by atoms with van der Waals surface area (Å²) in [5, 5.41) is 3.37. The monoisotopic (exact) mass is 286 g/mol. The molecular formula is C15H21F3N2. The highest BCUT2D eigenvalue weighted by Gasteiger charge is 2.33. The van der Waals surface area contributed by atoms with Crippen molar-refractivity contribution in [1.29, 1.82) is 0 Å². The molecule has 1 atom stereocenters. The van der Waals surface area contributed by atoms with E-state index in [4.69, 9.17) is 0 Å². The third-order valence-electron chi connectivity index (χ3n) is 4.13. The Kier molecular flexibility index (Phi) is 4.68. The smallest absolute Gasteiger partial charge is 0.308 e. The zero-order valence-corrected chi connectivity index (χ0v) is 11.9. The highest BCUT2D eigenvalue weighted by molar-refractivity contribution is 5.26. The first-order valence-electron chi connectivity index (χ1n) is 7.21. The van der Waals surface area contributed by atoms with Crippen molar-refractivity contribution in [2.75, 3.05) is 0 Å². The minimum Gasteiger partial charge on any atom is -0.308 e. The van der Waals surface area contributed by atoms with Crippen LogP contribution in [0.4, 0.5) is 13.2 Å². The Hall–Kier alpha value is -1.10. The topological polar surface area (TPSA) is 24.9 Å². The lowest BCUT2D eigenvalue weighted by Crippen LogP contribution is -2.36. The fraction of sp³-hybridized carbons (Fsp3) is 0.667. The van der Waals surface area contributed by atoms with Crippen LogP contribution in [0.2, 0.25) is 0 Å². The highest BCUT2D eigenvalue weighted by atomic mass is 19.4. The van der Waals surface area contributed by atoms with E-state index in [-0.39, 0.29) is 5.69 Å². The van der Waals surface area contributed by atoms with Gasteiger partial charge in [0.15, 0.2) is 0 Å². The van der Waals surface area contributed by atoms with E-state index in [1.54, 1.807) is 6.92 Å². The van der Waals surface area contributed by atoms with Crippen molar-refractivity contribution in [2.24, 2.45) is 5.92 Å². The first kappa shape index (κ1) is 15.3. The molecule has 0 bridgehead atoms. The van der Waals surface area contributed by atoms with E-state index in [1.165, 1.54) is 25.3 Å². The van der Waals surface area contributed by atoms with E-state index in [0.29, 0.717) is 30.6 Å². The van der Waals surface area contributed by atoms with Crippen molar-refractivity contribution in [2.45, 2.75) is 58.3 Å². The summed E-state index contributed by atoms with van der Waals surface area (Å²) in [5.41, 5.74) is 0.199. The van der Waals surface area contributed by atoms with Crippen molar-refractivity contribution in [3.05, 3.63) is 29.1 Å². The summed E-state index contributed by atoms with van der Waals surface area (Å²) < 4.78 is 38.4. The molecular weight excluding hydrogens is 265 g/mol. The van der Waals surface area contributed by atoms with Gasteiger partial charge in [0.1, 0.15) is 0 Å². The molecule has 0 aromatic carbocycles. The Labute approximate surface area is 117 Å².